The lowest BCUT2D eigenvalue weighted by Crippen LogP contribution is -2.38. The summed E-state index contributed by atoms with van der Waals surface area (Å²) >= 11 is 0. The molecular formula is C19H30Cl2N4O3. The Hall–Kier alpha value is -1.38. The Balaban J connectivity index is 0.00000196. The Kier molecular flexibility index (Phi) is 11.4. The second kappa shape index (κ2) is 13.0. The molecule has 0 bridgehead atoms. The first-order valence-electron chi connectivity index (χ1n) is 9.38. The van der Waals surface area contributed by atoms with Crippen molar-refractivity contribution in [1.82, 2.24) is 15.5 Å². The lowest BCUT2D eigenvalue weighted by molar-refractivity contribution is -0.124. The van der Waals surface area contributed by atoms with Gasteiger partial charge in [0.2, 0.25) is 11.8 Å². The fraction of sp³-hybridized carbons (Fsp3) is 0.579. The van der Waals surface area contributed by atoms with Gasteiger partial charge in [0.05, 0.1) is 19.1 Å². The SMILES string of the molecule is Cl.Cl.O=C(CCN1CCOCC1)Nc1cccc(CNC(=O)C2CCNC2)c1. The Morgan fingerprint density at radius 1 is 1.21 bits per heavy atom. The van der Waals surface area contributed by atoms with Crippen molar-refractivity contribution in [2.75, 3.05) is 51.3 Å². The number of ether oxygens (including phenoxy) is 1. The van der Waals surface area contributed by atoms with Crippen molar-refractivity contribution in [2.24, 2.45) is 5.92 Å². The van der Waals surface area contributed by atoms with Crippen LogP contribution in [-0.4, -0.2) is 62.7 Å². The van der Waals surface area contributed by atoms with E-state index in [0.29, 0.717) is 13.0 Å². The molecule has 3 N–H and O–H groups in total. The topological polar surface area (TPSA) is 82.7 Å². The lowest BCUT2D eigenvalue weighted by atomic mass is 10.1. The van der Waals surface area contributed by atoms with Crippen LogP contribution in [0, 0.1) is 5.92 Å². The molecular weight excluding hydrogens is 403 g/mol. The van der Waals surface area contributed by atoms with Gasteiger partial charge >= 0.3 is 0 Å². The fourth-order valence-electron chi connectivity index (χ4n) is 3.28. The van der Waals surface area contributed by atoms with Crippen molar-refractivity contribution < 1.29 is 14.3 Å². The van der Waals surface area contributed by atoms with Crippen LogP contribution in [-0.2, 0) is 20.9 Å². The number of rotatable bonds is 7. The first-order chi connectivity index (χ1) is 12.7. The highest BCUT2D eigenvalue weighted by atomic mass is 35.5. The van der Waals surface area contributed by atoms with Gasteiger partial charge in [0.25, 0.3) is 0 Å². The zero-order chi connectivity index (χ0) is 18.2. The van der Waals surface area contributed by atoms with E-state index in [9.17, 15) is 9.59 Å². The van der Waals surface area contributed by atoms with Crippen molar-refractivity contribution in [3.05, 3.63) is 29.8 Å². The van der Waals surface area contributed by atoms with Gasteiger partial charge in [-0.1, -0.05) is 12.1 Å². The number of carbonyl (C=O) groups excluding carboxylic acids is 2. The minimum atomic E-state index is 0. The van der Waals surface area contributed by atoms with Crippen LogP contribution in [0.5, 0.6) is 0 Å². The molecule has 1 atom stereocenters. The van der Waals surface area contributed by atoms with Gasteiger partial charge < -0.3 is 20.7 Å². The third-order valence-electron chi connectivity index (χ3n) is 4.87. The summed E-state index contributed by atoms with van der Waals surface area (Å²) < 4.78 is 5.31. The predicted molar refractivity (Wildman–Crippen MR) is 114 cm³/mol. The average molecular weight is 433 g/mol. The highest BCUT2D eigenvalue weighted by Gasteiger charge is 2.21. The van der Waals surface area contributed by atoms with Crippen LogP contribution < -0.4 is 16.0 Å². The smallest absolute Gasteiger partial charge is 0.225 e. The standard InChI is InChI=1S/C19H28N4O3.2ClH/c24-18(5-7-23-8-10-26-11-9-23)22-17-3-1-2-15(12-17)13-21-19(25)16-4-6-20-14-16;;/h1-3,12,16,20H,4-11,13-14H2,(H,21,25)(H,22,24);2*1H. The van der Waals surface area contributed by atoms with Gasteiger partial charge in [-0.25, -0.2) is 0 Å². The maximum Gasteiger partial charge on any atom is 0.225 e. The summed E-state index contributed by atoms with van der Waals surface area (Å²) in [7, 11) is 0. The molecule has 0 aromatic heterocycles. The van der Waals surface area contributed by atoms with E-state index in [0.717, 1.165) is 63.6 Å². The van der Waals surface area contributed by atoms with Crippen molar-refractivity contribution in [2.45, 2.75) is 19.4 Å². The zero-order valence-electron chi connectivity index (χ0n) is 15.9. The summed E-state index contributed by atoms with van der Waals surface area (Å²) in [6.07, 6.45) is 1.36. The van der Waals surface area contributed by atoms with Gasteiger partial charge in [-0.2, -0.15) is 0 Å². The van der Waals surface area contributed by atoms with E-state index in [2.05, 4.69) is 20.9 Å². The molecule has 7 nitrogen and oxygen atoms in total. The summed E-state index contributed by atoms with van der Waals surface area (Å²) in [5.41, 5.74) is 1.75. The van der Waals surface area contributed by atoms with Crippen molar-refractivity contribution in [1.29, 1.82) is 0 Å². The number of carbonyl (C=O) groups is 2. The molecule has 2 fully saturated rings. The fourth-order valence-corrected chi connectivity index (χ4v) is 3.28. The molecule has 2 amide bonds. The highest BCUT2D eigenvalue weighted by molar-refractivity contribution is 5.90. The van der Waals surface area contributed by atoms with Crippen LogP contribution in [0.1, 0.15) is 18.4 Å². The summed E-state index contributed by atoms with van der Waals surface area (Å²) in [5, 5.41) is 9.12. The summed E-state index contributed by atoms with van der Waals surface area (Å²) in [6.45, 7) is 6.15. The molecule has 0 saturated carbocycles. The van der Waals surface area contributed by atoms with Crippen LogP contribution in [0.3, 0.4) is 0 Å². The first-order valence-corrected chi connectivity index (χ1v) is 9.38. The molecule has 1 aromatic rings. The maximum atomic E-state index is 12.2. The minimum Gasteiger partial charge on any atom is -0.379 e. The van der Waals surface area contributed by atoms with Crippen molar-refractivity contribution >= 4 is 42.3 Å². The molecule has 2 saturated heterocycles. The molecule has 2 aliphatic heterocycles. The van der Waals surface area contributed by atoms with E-state index in [-0.39, 0.29) is 42.5 Å². The van der Waals surface area contributed by atoms with Crippen LogP contribution >= 0.6 is 24.8 Å². The Morgan fingerprint density at radius 3 is 2.71 bits per heavy atom. The number of benzene rings is 1. The highest BCUT2D eigenvalue weighted by Crippen LogP contribution is 2.12. The molecule has 0 radical (unpaired) electrons. The lowest BCUT2D eigenvalue weighted by Gasteiger charge is -2.26. The van der Waals surface area contributed by atoms with E-state index >= 15 is 0 Å². The molecule has 9 heteroatoms. The third kappa shape index (κ3) is 7.93. The van der Waals surface area contributed by atoms with Gasteiger partial charge in [0.15, 0.2) is 0 Å². The van der Waals surface area contributed by atoms with Gasteiger partial charge in [-0.05, 0) is 30.7 Å². The minimum absolute atomic E-state index is 0. The summed E-state index contributed by atoms with van der Waals surface area (Å²) in [4.78, 5) is 26.5. The molecule has 2 heterocycles. The van der Waals surface area contributed by atoms with Crippen LogP contribution in [0.2, 0.25) is 0 Å². The van der Waals surface area contributed by atoms with Crippen molar-refractivity contribution in [3.63, 3.8) is 0 Å². The van der Waals surface area contributed by atoms with Crippen LogP contribution in [0.4, 0.5) is 5.69 Å². The van der Waals surface area contributed by atoms with Gasteiger partial charge in [0, 0.05) is 44.8 Å². The largest absolute Gasteiger partial charge is 0.379 e. The molecule has 28 heavy (non-hydrogen) atoms. The van der Waals surface area contributed by atoms with E-state index in [1.165, 1.54) is 0 Å². The number of nitrogens with zero attached hydrogens (tertiary/aromatic N) is 1. The Labute approximate surface area is 178 Å². The molecule has 0 aliphatic carbocycles. The number of nitrogens with one attached hydrogen (secondary N) is 3. The number of amides is 2. The zero-order valence-corrected chi connectivity index (χ0v) is 17.6. The quantitative estimate of drug-likeness (QED) is 0.606. The normalized spacial score (nSPS) is 19.2. The molecule has 2 aliphatic rings. The molecule has 1 unspecified atom stereocenters. The monoisotopic (exact) mass is 432 g/mol. The molecule has 1 aromatic carbocycles. The van der Waals surface area contributed by atoms with E-state index in [1.807, 2.05) is 24.3 Å². The van der Waals surface area contributed by atoms with Crippen molar-refractivity contribution in [3.8, 4) is 0 Å². The van der Waals surface area contributed by atoms with Gasteiger partial charge in [-0.3, -0.25) is 14.5 Å². The van der Waals surface area contributed by atoms with Gasteiger partial charge in [0.1, 0.15) is 0 Å². The molecule has 0 spiro atoms. The van der Waals surface area contributed by atoms with E-state index < -0.39 is 0 Å². The molecule has 3 rings (SSSR count). The number of hydrogen-bond acceptors (Lipinski definition) is 5. The number of anilines is 1. The Morgan fingerprint density at radius 2 is 2.00 bits per heavy atom. The first kappa shape index (κ1) is 24.7. The Bertz CT molecular complexity index is 621. The second-order valence-electron chi connectivity index (χ2n) is 6.86. The second-order valence-corrected chi connectivity index (χ2v) is 6.86. The maximum absolute atomic E-state index is 12.2. The summed E-state index contributed by atoms with van der Waals surface area (Å²) in [5.74, 6) is 0.169. The molecule has 158 valence electrons. The van der Waals surface area contributed by atoms with Crippen LogP contribution in [0.15, 0.2) is 24.3 Å². The predicted octanol–water partition coefficient (Wildman–Crippen LogP) is 1.42. The number of morpholine rings is 1. The average Bonchev–Trinajstić information content (AvgIpc) is 3.20. The van der Waals surface area contributed by atoms with Crippen LogP contribution in [0.25, 0.3) is 0 Å². The van der Waals surface area contributed by atoms with E-state index in [1.54, 1.807) is 0 Å². The van der Waals surface area contributed by atoms with Gasteiger partial charge in [-0.15, -0.1) is 24.8 Å². The number of halogens is 2. The number of hydrogen-bond donors (Lipinski definition) is 3. The third-order valence-corrected chi connectivity index (χ3v) is 4.87. The van der Waals surface area contributed by atoms with E-state index in [4.69, 9.17) is 4.74 Å². The summed E-state index contributed by atoms with van der Waals surface area (Å²) in [6, 6.07) is 7.64.